The Balaban J connectivity index is 2.24. The maximum absolute atomic E-state index is 12.6. The van der Waals surface area contributed by atoms with Crippen molar-refractivity contribution in [3.63, 3.8) is 0 Å². The van der Waals surface area contributed by atoms with E-state index in [0.717, 1.165) is 11.1 Å². The van der Waals surface area contributed by atoms with Crippen molar-refractivity contribution in [3.05, 3.63) is 52.1 Å². The summed E-state index contributed by atoms with van der Waals surface area (Å²) in [6.45, 7) is 13.2. The van der Waals surface area contributed by atoms with E-state index in [-0.39, 0.29) is 16.8 Å². The molecular weight excluding hydrogens is 272 g/mol. The van der Waals surface area contributed by atoms with E-state index in [4.69, 9.17) is 4.74 Å². The van der Waals surface area contributed by atoms with Gasteiger partial charge >= 0.3 is 5.97 Å². The summed E-state index contributed by atoms with van der Waals surface area (Å²) in [5.74, 6) is -0.160. The van der Waals surface area contributed by atoms with E-state index in [0.29, 0.717) is 6.61 Å². The van der Waals surface area contributed by atoms with Crippen molar-refractivity contribution in [2.24, 2.45) is 10.8 Å². The summed E-state index contributed by atoms with van der Waals surface area (Å²) in [4.78, 5) is 12.6. The Bertz CT molecular complexity index is 738. The zero-order valence-electron chi connectivity index (χ0n) is 14.3. The van der Waals surface area contributed by atoms with Gasteiger partial charge in [-0.3, -0.25) is 0 Å². The van der Waals surface area contributed by atoms with Crippen LogP contribution in [0.3, 0.4) is 0 Å². The van der Waals surface area contributed by atoms with Gasteiger partial charge in [-0.25, -0.2) is 4.79 Å². The summed E-state index contributed by atoms with van der Waals surface area (Å²) >= 11 is 0. The first-order valence-corrected chi connectivity index (χ1v) is 7.98. The molecule has 2 unspecified atom stereocenters. The molecule has 0 aliphatic heterocycles. The maximum atomic E-state index is 12.6. The average molecular weight is 296 g/mol. The molecule has 0 amide bonds. The lowest BCUT2D eigenvalue weighted by molar-refractivity contribution is -0.141. The minimum Gasteiger partial charge on any atom is -0.463 e. The van der Waals surface area contributed by atoms with Gasteiger partial charge in [-0.2, -0.15) is 0 Å². The molecule has 0 heterocycles. The third kappa shape index (κ3) is 1.43. The van der Waals surface area contributed by atoms with Gasteiger partial charge in [-0.1, -0.05) is 49.3 Å². The molecule has 0 saturated heterocycles. The topological polar surface area (TPSA) is 26.3 Å². The number of hydrogen-bond donors (Lipinski definition) is 0. The fraction of sp³-hybridized carbons (Fsp3) is 0.450. The van der Waals surface area contributed by atoms with Gasteiger partial charge in [-0.15, -0.1) is 0 Å². The standard InChI is InChI=1S/C20H24O2/c1-7-22-18(21)17-16(15-11-9-8-10-12(15)2)19(5)13(3)14(4)20(17,19)6/h8-11H,7H2,1-6H3. The number of carbonyl (C=O) groups excluding carboxylic acids is 1. The number of allylic oxidation sites excluding steroid dienone is 3. The van der Waals surface area contributed by atoms with E-state index in [1.807, 2.05) is 19.1 Å². The first-order chi connectivity index (χ1) is 10.3. The highest BCUT2D eigenvalue weighted by Crippen LogP contribution is 2.77. The van der Waals surface area contributed by atoms with E-state index in [1.165, 1.54) is 22.3 Å². The predicted octanol–water partition coefficient (Wildman–Crippen LogP) is 4.69. The molecule has 0 radical (unpaired) electrons. The summed E-state index contributed by atoms with van der Waals surface area (Å²) in [5.41, 5.74) is 6.88. The van der Waals surface area contributed by atoms with Gasteiger partial charge in [0.25, 0.3) is 0 Å². The number of hydrogen-bond acceptors (Lipinski definition) is 2. The Labute approximate surface area is 132 Å². The second-order valence-electron chi connectivity index (χ2n) is 6.79. The molecule has 2 aliphatic rings. The van der Waals surface area contributed by atoms with Crippen molar-refractivity contribution < 1.29 is 9.53 Å². The molecule has 116 valence electrons. The number of rotatable bonds is 3. The van der Waals surface area contributed by atoms with Gasteiger partial charge in [0.05, 0.1) is 12.2 Å². The Morgan fingerprint density at radius 1 is 1.05 bits per heavy atom. The van der Waals surface area contributed by atoms with Gasteiger partial charge in [0.1, 0.15) is 0 Å². The Morgan fingerprint density at radius 2 is 1.64 bits per heavy atom. The van der Waals surface area contributed by atoms with Gasteiger partial charge < -0.3 is 4.74 Å². The van der Waals surface area contributed by atoms with Crippen LogP contribution in [0.1, 0.15) is 45.7 Å². The molecule has 0 spiro atoms. The quantitative estimate of drug-likeness (QED) is 0.597. The van der Waals surface area contributed by atoms with Gasteiger partial charge in [-0.05, 0) is 44.4 Å². The number of aryl methyl sites for hydroxylation is 1. The van der Waals surface area contributed by atoms with Crippen molar-refractivity contribution in [1.29, 1.82) is 0 Å². The smallest absolute Gasteiger partial charge is 0.335 e. The SMILES string of the molecule is CCOC(=O)C1=C(c2ccccc2C)C2(C)C(C)=C(C)C12C. The third-order valence-electron chi connectivity index (χ3n) is 6.21. The van der Waals surface area contributed by atoms with Crippen LogP contribution in [0.2, 0.25) is 0 Å². The van der Waals surface area contributed by atoms with Crippen LogP contribution in [0.4, 0.5) is 0 Å². The fourth-order valence-corrected chi connectivity index (χ4v) is 4.52. The highest BCUT2D eigenvalue weighted by molar-refractivity contribution is 6.09. The molecule has 2 nitrogen and oxygen atoms in total. The second-order valence-corrected chi connectivity index (χ2v) is 6.79. The second kappa shape index (κ2) is 4.58. The summed E-state index contributed by atoms with van der Waals surface area (Å²) in [5, 5.41) is 0. The molecule has 2 aliphatic carbocycles. The van der Waals surface area contributed by atoms with E-state index < -0.39 is 0 Å². The van der Waals surface area contributed by atoms with Crippen LogP contribution in [0, 0.1) is 17.8 Å². The van der Waals surface area contributed by atoms with Crippen molar-refractivity contribution in [3.8, 4) is 0 Å². The Morgan fingerprint density at radius 3 is 2.23 bits per heavy atom. The molecule has 0 fully saturated rings. The number of ether oxygens (including phenoxy) is 1. The molecule has 1 aromatic carbocycles. The average Bonchev–Trinajstić information content (AvgIpc) is 2.50. The lowest BCUT2D eigenvalue weighted by Crippen LogP contribution is -2.60. The van der Waals surface area contributed by atoms with Crippen LogP contribution in [-0.4, -0.2) is 12.6 Å². The Hall–Kier alpha value is -1.83. The van der Waals surface area contributed by atoms with Gasteiger partial charge in [0.2, 0.25) is 0 Å². The van der Waals surface area contributed by atoms with Crippen molar-refractivity contribution in [2.45, 2.75) is 41.5 Å². The molecule has 2 heteroatoms. The van der Waals surface area contributed by atoms with Crippen molar-refractivity contribution in [1.82, 2.24) is 0 Å². The third-order valence-corrected chi connectivity index (χ3v) is 6.21. The summed E-state index contributed by atoms with van der Waals surface area (Å²) in [6, 6.07) is 8.31. The molecule has 0 aromatic heterocycles. The van der Waals surface area contributed by atoms with Crippen molar-refractivity contribution >= 4 is 11.5 Å². The normalized spacial score (nSPS) is 29.7. The lowest BCUT2D eigenvalue weighted by atomic mass is 9.35. The molecule has 1 aromatic rings. The van der Waals surface area contributed by atoms with E-state index in [2.05, 4.69) is 46.8 Å². The van der Waals surface area contributed by atoms with Crippen LogP contribution in [0.5, 0.6) is 0 Å². The highest BCUT2D eigenvalue weighted by atomic mass is 16.5. The molecular formula is C20H24O2. The van der Waals surface area contributed by atoms with Crippen LogP contribution < -0.4 is 0 Å². The fourth-order valence-electron chi connectivity index (χ4n) is 4.52. The number of benzene rings is 1. The largest absolute Gasteiger partial charge is 0.463 e. The maximum Gasteiger partial charge on any atom is 0.335 e. The van der Waals surface area contributed by atoms with Crippen molar-refractivity contribution in [2.75, 3.05) is 6.61 Å². The summed E-state index contributed by atoms with van der Waals surface area (Å²) in [7, 11) is 0. The lowest BCUT2D eigenvalue weighted by Gasteiger charge is -2.67. The van der Waals surface area contributed by atoms with E-state index in [9.17, 15) is 4.79 Å². The van der Waals surface area contributed by atoms with Gasteiger partial charge in [0, 0.05) is 10.8 Å². The zero-order valence-corrected chi connectivity index (χ0v) is 14.3. The molecule has 3 rings (SSSR count). The number of carbonyl (C=O) groups is 1. The minimum atomic E-state index is -0.180. The number of esters is 1. The van der Waals surface area contributed by atoms with Gasteiger partial charge in [0.15, 0.2) is 0 Å². The van der Waals surface area contributed by atoms with Crippen LogP contribution in [0.25, 0.3) is 5.57 Å². The monoisotopic (exact) mass is 296 g/mol. The Kier molecular flexibility index (Phi) is 3.14. The molecule has 2 atom stereocenters. The molecule has 0 N–H and O–H groups in total. The predicted molar refractivity (Wildman–Crippen MR) is 89.3 cm³/mol. The summed E-state index contributed by atoms with van der Waals surface area (Å²) < 4.78 is 5.36. The minimum absolute atomic E-state index is 0.0503. The molecule has 0 saturated carbocycles. The first kappa shape index (κ1) is 15.1. The van der Waals surface area contributed by atoms with E-state index >= 15 is 0 Å². The highest BCUT2D eigenvalue weighted by Gasteiger charge is 2.69. The summed E-state index contributed by atoms with van der Waals surface area (Å²) in [6.07, 6.45) is 0. The van der Waals surface area contributed by atoms with Crippen LogP contribution in [0.15, 0.2) is 41.0 Å². The van der Waals surface area contributed by atoms with Crippen LogP contribution in [-0.2, 0) is 9.53 Å². The zero-order chi connectivity index (χ0) is 16.3. The first-order valence-electron chi connectivity index (χ1n) is 7.98. The van der Waals surface area contributed by atoms with E-state index in [1.54, 1.807) is 0 Å². The molecule has 0 bridgehead atoms. The molecule has 22 heavy (non-hydrogen) atoms. The van der Waals surface area contributed by atoms with Crippen LogP contribution >= 0.6 is 0 Å². The number of fused-ring (bicyclic) bond motifs is 1.